The van der Waals surface area contributed by atoms with Gasteiger partial charge in [0, 0.05) is 13.1 Å². The predicted octanol–water partition coefficient (Wildman–Crippen LogP) is -1.47. The number of carbonyl (C=O) groups is 3. The van der Waals surface area contributed by atoms with Crippen molar-refractivity contribution in [2.45, 2.75) is 25.3 Å². The molecule has 0 aliphatic carbocycles. The van der Waals surface area contributed by atoms with Crippen LogP contribution in [-0.2, 0) is 14.4 Å². The van der Waals surface area contributed by atoms with E-state index >= 15 is 0 Å². The van der Waals surface area contributed by atoms with Gasteiger partial charge in [-0.15, -0.1) is 0 Å². The van der Waals surface area contributed by atoms with Crippen molar-refractivity contribution in [3.63, 3.8) is 0 Å². The fourth-order valence-electron chi connectivity index (χ4n) is 1.82. The monoisotopic (exact) mass is 243 g/mol. The Labute approximate surface area is 98.9 Å². The summed E-state index contributed by atoms with van der Waals surface area (Å²) in [6.45, 7) is 0.948. The number of rotatable bonds is 6. The quantitative estimate of drug-likeness (QED) is 0.527. The van der Waals surface area contributed by atoms with Crippen molar-refractivity contribution in [3.8, 4) is 0 Å². The molecule has 17 heavy (non-hydrogen) atoms. The van der Waals surface area contributed by atoms with Crippen molar-refractivity contribution in [1.82, 2.24) is 10.2 Å². The van der Waals surface area contributed by atoms with Crippen molar-refractivity contribution in [3.05, 3.63) is 0 Å². The van der Waals surface area contributed by atoms with E-state index in [0.717, 1.165) is 12.8 Å². The summed E-state index contributed by atoms with van der Waals surface area (Å²) in [5.74, 6) is -1.95. The van der Waals surface area contributed by atoms with Crippen LogP contribution < -0.4 is 11.1 Å². The highest BCUT2D eigenvalue weighted by Gasteiger charge is 2.27. The van der Waals surface area contributed by atoms with Crippen LogP contribution in [0.3, 0.4) is 0 Å². The Kier molecular flexibility index (Phi) is 4.89. The number of nitrogens with zero attached hydrogens (tertiary/aromatic N) is 1. The fourth-order valence-corrected chi connectivity index (χ4v) is 1.82. The van der Waals surface area contributed by atoms with Gasteiger partial charge in [0.25, 0.3) is 0 Å². The van der Waals surface area contributed by atoms with Crippen LogP contribution in [0.25, 0.3) is 0 Å². The van der Waals surface area contributed by atoms with Gasteiger partial charge in [-0.05, 0) is 12.8 Å². The van der Waals surface area contributed by atoms with E-state index in [2.05, 4.69) is 5.32 Å². The summed E-state index contributed by atoms with van der Waals surface area (Å²) in [4.78, 5) is 34.9. The zero-order chi connectivity index (χ0) is 12.8. The number of primary amides is 1. The molecule has 1 fully saturated rings. The molecule has 0 aromatic rings. The molecule has 7 heteroatoms. The first kappa shape index (κ1) is 13.4. The largest absolute Gasteiger partial charge is 0.480 e. The number of amides is 2. The number of carboxylic acid groups (broad SMARTS) is 1. The molecule has 0 unspecified atom stereocenters. The number of aliphatic carboxylic acids is 1. The Balaban J connectivity index is 2.56. The minimum Gasteiger partial charge on any atom is -0.480 e. The average Bonchev–Trinajstić information content (AvgIpc) is 2.75. The first-order chi connectivity index (χ1) is 8.00. The minimum absolute atomic E-state index is 0.178. The summed E-state index contributed by atoms with van der Waals surface area (Å²) in [6, 6.07) is -0.832. The number of nitrogens with one attached hydrogen (secondary N) is 1. The van der Waals surface area contributed by atoms with Crippen LogP contribution in [0.4, 0.5) is 0 Å². The SMILES string of the molecule is NC(=O)C[C@H](NCC(=O)O)C(=O)N1CCCC1. The number of carbonyl (C=O) groups excluding carboxylic acids is 2. The number of hydrogen-bond donors (Lipinski definition) is 3. The van der Waals surface area contributed by atoms with Gasteiger partial charge in [0.15, 0.2) is 0 Å². The van der Waals surface area contributed by atoms with Crippen LogP contribution >= 0.6 is 0 Å². The maximum Gasteiger partial charge on any atom is 0.317 e. The van der Waals surface area contributed by atoms with Gasteiger partial charge in [-0.2, -0.15) is 0 Å². The molecule has 1 aliphatic rings. The molecule has 0 aromatic carbocycles. The molecule has 0 bridgehead atoms. The van der Waals surface area contributed by atoms with Crippen LogP contribution in [-0.4, -0.2) is 53.5 Å². The molecular formula is C10H17N3O4. The van der Waals surface area contributed by atoms with Crippen LogP contribution in [0.1, 0.15) is 19.3 Å². The highest BCUT2D eigenvalue weighted by molar-refractivity contribution is 5.88. The van der Waals surface area contributed by atoms with E-state index < -0.39 is 17.9 Å². The Morgan fingerprint density at radius 1 is 1.29 bits per heavy atom. The topological polar surface area (TPSA) is 113 Å². The lowest BCUT2D eigenvalue weighted by molar-refractivity contribution is -0.138. The molecule has 0 radical (unpaired) electrons. The lowest BCUT2D eigenvalue weighted by atomic mass is 10.1. The van der Waals surface area contributed by atoms with Crippen molar-refractivity contribution in [2.75, 3.05) is 19.6 Å². The molecular weight excluding hydrogens is 226 g/mol. The lowest BCUT2D eigenvalue weighted by Crippen LogP contribution is -2.48. The fraction of sp³-hybridized carbons (Fsp3) is 0.700. The van der Waals surface area contributed by atoms with E-state index in [1.54, 1.807) is 4.90 Å². The van der Waals surface area contributed by atoms with Crippen molar-refractivity contribution < 1.29 is 19.5 Å². The van der Waals surface area contributed by atoms with Gasteiger partial charge in [-0.3, -0.25) is 19.7 Å². The minimum atomic E-state index is -1.08. The summed E-state index contributed by atoms with van der Waals surface area (Å²) in [6.07, 6.45) is 1.70. The van der Waals surface area contributed by atoms with E-state index in [4.69, 9.17) is 10.8 Å². The molecule has 0 aromatic heterocycles. The Bertz CT molecular complexity index is 313. The van der Waals surface area contributed by atoms with Gasteiger partial charge < -0.3 is 15.7 Å². The zero-order valence-electron chi connectivity index (χ0n) is 9.52. The Morgan fingerprint density at radius 3 is 2.35 bits per heavy atom. The summed E-state index contributed by atoms with van der Waals surface area (Å²) in [5, 5.41) is 11.1. The Hall–Kier alpha value is -1.63. The highest BCUT2D eigenvalue weighted by Crippen LogP contribution is 2.10. The van der Waals surface area contributed by atoms with Gasteiger partial charge in [0.05, 0.1) is 19.0 Å². The molecule has 2 amide bonds. The first-order valence-electron chi connectivity index (χ1n) is 5.53. The molecule has 4 N–H and O–H groups in total. The van der Waals surface area contributed by atoms with Gasteiger partial charge in [0.1, 0.15) is 0 Å². The molecule has 1 aliphatic heterocycles. The second kappa shape index (κ2) is 6.19. The highest BCUT2D eigenvalue weighted by atomic mass is 16.4. The van der Waals surface area contributed by atoms with Crippen molar-refractivity contribution in [2.24, 2.45) is 5.73 Å². The van der Waals surface area contributed by atoms with E-state index in [-0.39, 0.29) is 18.9 Å². The van der Waals surface area contributed by atoms with E-state index in [0.29, 0.717) is 13.1 Å². The van der Waals surface area contributed by atoms with Gasteiger partial charge in [-0.1, -0.05) is 0 Å². The van der Waals surface area contributed by atoms with Gasteiger partial charge in [0.2, 0.25) is 11.8 Å². The first-order valence-corrected chi connectivity index (χ1v) is 5.53. The number of hydrogen-bond acceptors (Lipinski definition) is 4. The predicted molar refractivity (Wildman–Crippen MR) is 59.1 cm³/mol. The van der Waals surface area contributed by atoms with Crippen LogP contribution in [0.15, 0.2) is 0 Å². The molecule has 1 heterocycles. The molecule has 96 valence electrons. The van der Waals surface area contributed by atoms with Crippen LogP contribution in [0, 0.1) is 0 Å². The summed E-state index contributed by atoms with van der Waals surface area (Å²) in [7, 11) is 0. The third-order valence-corrected chi connectivity index (χ3v) is 2.62. The second-order valence-electron chi connectivity index (χ2n) is 4.03. The maximum absolute atomic E-state index is 12.0. The molecule has 1 atom stereocenters. The number of carboxylic acids is 1. The lowest BCUT2D eigenvalue weighted by Gasteiger charge is -2.22. The second-order valence-corrected chi connectivity index (χ2v) is 4.03. The standard InChI is InChI=1S/C10H17N3O4/c11-8(14)5-7(12-6-9(15)16)10(17)13-3-1-2-4-13/h7,12H,1-6H2,(H2,11,14)(H,15,16)/t7-/m0/s1. The average molecular weight is 243 g/mol. The van der Waals surface area contributed by atoms with Crippen LogP contribution in [0.5, 0.6) is 0 Å². The van der Waals surface area contributed by atoms with Crippen LogP contribution in [0.2, 0.25) is 0 Å². The molecule has 0 spiro atoms. The molecule has 0 saturated carbocycles. The summed E-state index contributed by atoms with van der Waals surface area (Å²) >= 11 is 0. The summed E-state index contributed by atoms with van der Waals surface area (Å²) in [5.41, 5.74) is 5.04. The number of nitrogens with two attached hydrogens (primary N) is 1. The van der Waals surface area contributed by atoms with E-state index in [1.165, 1.54) is 0 Å². The van der Waals surface area contributed by atoms with E-state index in [9.17, 15) is 14.4 Å². The molecule has 7 nitrogen and oxygen atoms in total. The molecule has 1 rings (SSSR count). The van der Waals surface area contributed by atoms with E-state index in [1.807, 2.05) is 0 Å². The third kappa shape index (κ3) is 4.39. The number of likely N-dealkylation sites (tertiary alicyclic amines) is 1. The van der Waals surface area contributed by atoms with Gasteiger partial charge >= 0.3 is 5.97 Å². The van der Waals surface area contributed by atoms with Crippen molar-refractivity contribution >= 4 is 17.8 Å². The Morgan fingerprint density at radius 2 is 1.88 bits per heavy atom. The summed E-state index contributed by atoms with van der Waals surface area (Å²) < 4.78 is 0. The van der Waals surface area contributed by atoms with Crippen molar-refractivity contribution in [1.29, 1.82) is 0 Å². The third-order valence-electron chi connectivity index (χ3n) is 2.62. The zero-order valence-corrected chi connectivity index (χ0v) is 9.52. The normalized spacial score (nSPS) is 16.8. The maximum atomic E-state index is 12.0. The smallest absolute Gasteiger partial charge is 0.317 e. The van der Waals surface area contributed by atoms with Gasteiger partial charge in [-0.25, -0.2) is 0 Å². The molecule has 1 saturated heterocycles.